The van der Waals surface area contributed by atoms with Gasteiger partial charge in [0, 0.05) is 37.6 Å². The minimum atomic E-state index is 0.00954. The quantitative estimate of drug-likeness (QED) is 0.828. The lowest BCUT2D eigenvalue weighted by Crippen LogP contribution is -2.14. The van der Waals surface area contributed by atoms with E-state index in [0.29, 0.717) is 13.0 Å². The van der Waals surface area contributed by atoms with E-state index >= 15 is 0 Å². The van der Waals surface area contributed by atoms with Gasteiger partial charge in [-0.2, -0.15) is 0 Å². The molecular weight excluding hydrogens is 240 g/mol. The van der Waals surface area contributed by atoms with Gasteiger partial charge in [-0.25, -0.2) is 4.98 Å². The third-order valence-corrected chi connectivity index (χ3v) is 2.75. The summed E-state index contributed by atoms with van der Waals surface area (Å²) < 4.78 is 1.89. The van der Waals surface area contributed by atoms with Crippen molar-refractivity contribution in [3.05, 3.63) is 48.5 Å². The Morgan fingerprint density at radius 2 is 2.32 bits per heavy atom. The largest absolute Gasteiger partial charge is 0.337 e. The fourth-order valence-corrected chi connectivity index (χ4v) is 1.84. The molecule has 0 spiro atoms. The third kappa shape index (κ3) is 4.22. The monoisotopic (exact) mass is 258 g/mol. The highest BCUT2D eigenvalue weighted by atomic mass is 16.1. The molecule has 5 heteroatoms. The van der Waals surface area contributed by atoms with Crippen LogP contribution in [-0.4, -0.2) is 22.5 Å². The fraction of sp³-hybridized carbons (Fsp3) is 0.286. The molecule has 0 atom stereocenters. The van der Waals surface area contributed by atoms with Crippen molar-refractivity contribution >= 4 is 11.6 Å². The summed E-state index contributed by atoms with van der Waals surface area (Å²) >= 11 is 0. The van der Waals surface area contributed by atoms with Crippen molar-refractivity contribution < 1.29 is 4.79 Å². The molecule has 0 saturated heterocycles. The second kappa shape index (κ2) is 6.70. The number of benzene rings is 1. The number of amides is 1. The van der Waals surface area contributed by atoms with Crippen LogP contribution < -0.4 is 10.6 Å². The highest BCUT2D eigenvalue weighted by Gasteiger charge is 2.03. The highest BCUT2D eigenvalue weighted by Crippen LogP contribution is 2.11. The number of nitrogens with one attached hydrogen (secondary N) is 2. The Kier molecular flexibility index (Phi) is 4.69. The fourth-order valence-electron chi connectivity index (χ4n) is 1.84. The molecule has 2 N–H and O–H groups in total. The number of rotatable bonds is 6. The first-order valence-electron chi connectivity index (χ1n) is 6.27. The number of imidazole rings is 1. The molecule has 0 saturated carbocycles. The zero-order chi connectivity index (χ0) is 13.5. The van der Waals surface area contributed by atoms with Gasteiger partial charge in [0.2, 0.25) is 5.91 Å². The standard InChI is InChI=1S/C14H18N4O/c1-15-10-12-3-2-4-13(9-12)17-14(19)5-7-18-8-6-16-11-18/h2-4,6,8-9,11,15H,5,7,10H2,1H3,(H,17,19). The van der Waals surface area contributed by atoms with Crippen LogP contribution in [0, 0.1) is 0 Å². The Bertz CT molecular complexity index is 522. The van der Waals surface area contributed by atoms with E-state index in [-0.39, 0.29) is 5.91 Å². The van der Waals surface area contributed by atoms with Crippen LogP contribution in [0.15, 0.2) is 43.0 Å². The molecular formula is C14H18N4O. The molecule has 0 aliphatic carbocycles. The lowest BCUT2D eigenvalue weighted by Gasteiger charge is -2.07. The van der Waals surface area contributed by atoms with Gasteiger partial charge in [-0.1, -0.05) is 12.1 Å². The van der Waals surface area contributed by atoms with Crippen LogP contribution in [0.2, 0.25) is 0 Å². The van der Waals surface area contributed by atoms with Crippen molar-refractivity contribution in [1.29, 1.82) is 0 Å². The average Bonchev–Trinajstić information content (AvgIpc) is 2.90. The van der Waals surface area contributed by atoms with Crippen molar-refractivity contribution in [2.24, 2.45) is 0 Å². The molecule has 0 aliphatic rings. The second-order valence-electron chi connectivity index (χ2n) is 4.33. The molecule has 0 aliphatic heterocycles. The first-order chi connectivity index (χ1) is 9.28. The number of aromatic nitrogens is 2. The normalized spacial score (nSPS) is 10.4. The molecule has 1 aromatic carbocycles. The summed E-state index contributed by atoms with van der Waals surface area (Å²) in [5.74, 6) is 0.00954. The first-order valence-corrected chi connectivity index (χ1v) is 6.27. The smallest absolute Gasteiger partial charge is 0.226 e. The van der Waals surface area contributed by atoms with Gasteiger partial charge in [-0.15, -0.1) is 0 Å². The number of aryl methyl sites for hydroxylation is 1. The van der Waals surface area contributed by atoms with Gasteiger partial charge < -0.3 is 15.2 Å². The summed E-state index contributed by atoms with van der Waals surface area (Å²) in [6, 6.07) is 7.84. The van der Waals surface area contributed by atoms with E-state index in [9.17, 15) is 4.79 Å². The molecule has 0 unspecified atom stereocenters. The number of hydrogen-bond acceptors (Lipinski definition) is 3. The summed E-state index contributed by atoms with van der Waals surface area (Å²) in [6.45, 7) is 1.43. The summed E-state index contributed by atoms with van der Waals surface area (Å²) in [4.78, 5) is 15.8. The topological polar surface area (TPSA) is 58.9 Å². The highest BCUT2D eigenvalue weighted by molar-refractivity contribution is 5.90. The van der Waals surface area contributed by atoms with Crippen molar-refractivity contribution in [1.82, 2.24) is 14.9 Å². The molecule has 1 amide bonds. The molecule has 1 heterocycles. The maximum atomic E-state index is 11.8. The average molecular weight is 258 g/mol. The Morgan fingerprint density at radius 3 is 3.05 bits per heavy atom. The SMILES string of the molecule is CNCc1cccc(NC(=O)CCn2ccnc2)c1. The van der Waals surface area contributed by atoms with E-state index in [1.54, 1.807) is 12.5 Å². The van der Waals surface area contributed by atoms with Crippen molar-refractivity contribution in [2.75, 3.05) is 12.4 Å². The molecule has 5 nitrogen and oxygen atoms in total. The number of carbonyl (C=O) groups is 1. The molecule has 0 fully saturated rings. The van der Waals surface area contributed by atoms with Crippen LogP contribution in [-0.2, 0) is 17.9 Å². The van der Waals surface area contributed by atoms with Gasteiger partial charge in [0.05, 0.1) is 6.33 Å². The Balaban J connectivity index is 1.86. The number of carbonyl (C=O) groups excluding carboxylic acids is 1. The lowest BCUT2D eigenvalue weighted by atomic mass is 10.2. The van der Waals surface area contributed by atoms with Crippen molar-refractivity contribution in [2.45, 2.75) is 19.5 Å². The molecule has 0 radical (unpaired) electrons. The van der Waals surface area contributed by atoms with E-state index in [0.717, 1.165) is 17.8 Å². The number of hydrogen-bond donors (Lipinski definition) is 2. The zero-order valence-electron chi connectivity index (χ0n) is 11.0. The van der Waals surface area contributed by atoms with Gasteiger partial charge >= 0.3 is 0 Å². The molecule has 2 rings (SSSR count). The van der Waals surface area contributed by atoms with Crippen LogP contribution in [0.5, 0.6) is 0 Å². The van der Waals surface area contributed by atoms with E-state index in [4.69, 9.17) is 0 Å². The van der Waals surface area contributed by atoms with Crippen LogP contribution in [0.4, 0.5) is 5.69 Å². The summed E-state index contributed by atoms with van der Waals surface area (Å²) in [6.07, 6.45) is 5.70. The number of nitrogens with zero attached hydrogens (tertiary/aromatic N) is 2. The minimum absolute atomic E-state index is 0.00954. The van der Waals surface area contributed by atoms with Gasteiger partial charge in [-0.3, -0.25) is 4.79 Å². The Morgan fingerprint density at radius 1 is 1.42 bits per heavy atom. The van der Waals surface area contributed by atoms with E-state index in [2.05, 4.69) is 15.6 Å². The zero-order valence-corrected chi connectivity index (χ0v) is 11.0. The second-order valence-corrected chi connectivity index (χ2v) is 4.33. The van der Waals surface area contributed by atoms with Crippen LogP contribution in [0.3, 0.4) is 0 Å². The Hall–Kier alpha value is -2.14. The summed E-state index contributed by atoms with van der Waals surface area (Å²) in [7, 11) is 1.90. The molecule has 19 heavy (non-hydrogen) atoms. The van der Waals surface area contributed by atoms with Gasteiger partial charge in [-0.05, 0) is 24.7 Å². The van der Waals surface area contributed by atoms with Crippen LogP contribution >= 0.6 is 0 Å². The maximum absolute atomic E-state index is 11.8. The summed E-state index contributed by atoms with van der Waals surface area (Å²) in [5, 5.41) is 5.99. The predicted octanol–water partition coefficient (Wildman–Crippen LogP) is 1.63. The van der Waals surface area contributed by atoms with E-state index < -0.39 is 0 Å². The minimum Gasteiger partial charge on any atom is -0.337 e. The maximum Gasteiger partial charge on any atom is 0.226 e. The van der Waals surface area contributed by atoms with Crippen LogP contribution in [0.1, 0.15) is 12.0 Å². The lowest BCUT2D eigenvalue weighted by molar-refractivity contribution is -0.116. The predicted molar refractivity (Wildman–Crippen MR) is 74.7 cm³/mol. The van der Waals surface area contributed by atoms with E-state index in [1.807, 2.05) is 42.1 Å². The van der Waals surface area contributed by atoms with Crippen LogP contribution in [0.25, 0.3) is 0 Å². The Labute approximate surface area is 112 Å². The number of anilines is 1. The van der Waals surface area contributed by atoms with Gasteiger partial charge in [0.1, 0.15) is 0 Å². The molecule has 1 aromatic heterocycles. The third-order valence-electron chi connectivity index (χ3n) is 2.75. The molecule has 0 bridgehead atoms. The van der Waals surface area contributed by atoms with Gasteiger partial charge in [0.25, 0.3) is 0 Å². The first kappa shape index (κ1) is 13.3. The van der Waals surface area contributed by atoms with Crippen molar-refractivity contribution in [3.63, 3.8) is 0 Å². The molecule has 100 valence electrons. The van der Waals surface area contributed by atoms with E-state index in [1.165, 1.54) is 0 Å². The van der Waals surface area contributed by atoms with Crippen molar-refractivity contribution in [3.8, 4) is 0 Å². The summed E-state index contributed by atoms with van der Waals surface area (Å²) in [5.41, 5.74) is 1.98. The molecule has 2 aromatic rings. The van der Waals surface area contributed by atoms with Gasteiger partial charge in [0.15, 0.2) is 0 Å².